The van der Waals surface area contributed by atoms with E-state index in [1.54, 1.807) is 0 Å². The largest absolute Gasteiger partial charge is 0.0623 e. The molecular formula is C27H26. The van der Waals surface area contributed by atoms with Crippen LogP contribution in [0.3, 0.4) is 0 Å². The molecule has 0 fully saturated rings. The van der Waals surface area contributed by atoms with Crippen molar-refractivity contribution in [2.45, 2.75) is 18.8 Å². The smallest absolute Gasteiger partial charge is 0.0215 e. The Hall–Kier alpha value is -3.12. The van der Waals surface area contributed by atoms with Crippen molar-refractivity contribution >= 4 is 0 Å². The monoisotopic (exact) mass is 350 g/mol. The molecule has 134 valence electrons. The van der Waals surface area contributed by atoms with E-state index in [4.69, 9.17) is 0 Å². The van der Waals surface area contributed by atoms with Gasteiger partial charge >= 0.3 is 0 Å². The molecule has 0 aromatic heterocycles. The van der Waals surface area contributed by atoms with Crippen LogP contribution in [0.5, 0.6) is 0 Å². The molecular weight excluding hydrogens is 324 g/mol. The SMILES string of the molecule is CC(Cc1ccccc1)(c1ccccc1)c1ccccc1.c1ccccc1. The first-order valence-electron chi connectivity index (χ1n) is 9.44. The van der Waals surface area contributed by atoms with Crippen molar-refractivity contribution in [1.82, 2.24) is 0 Å². The van der Waals surface area contributed by atoms with Crippen LogP contribution in [0.15, 0.2) is 127 Å². The molecule has 27 heavy (non-hydrogen) atoms. The van der Waals surface area contributed by atoms with E-state index in [9.17, 15) is 0 Å². The minimum atomic E-state index is -0.0100. The molecule has 0 atom stereocenters. The lowest BCUT2D eigenvalue weighted by Gasteiger charge is -2.31. The molecule has 0 amide bonds. The topological polar surface area (TPSA) is 0 Å². The molecule has 4 aromatic rings. The summed E-state index contributed by atoms with van der Waals surface area (Å²) in [6.45, 7) is 2.34. The van der Waals surface area contributed by atoms with Crippen LogP contribution in [0.25, 0.3) is 0 Å². The third kappa shape index (κ3) is 5.18. The van der Waals surface area contributed by atoms with Crippen molar-refractivity contribution < 1.29 is 0 Å². The first-order chi connectivity index (χ1) is 13.3. The second kappa shape index (κ2) is 9.54. The van der Waals surface area contributed by atoms with Crippen molar-refractivity contribution in [2.24, 2.45) is 0 Å². The molecule has 0 saturated heterocycles. The number of hydrogen-bond donors (Lipinski definition) is 0. The van der Waals surface area contributed by atoms with E-state index in [0.29, 0.717) is 0 Å². The van der Waals surface area contributed by atoms with E-state index >= 15 is 0 Å². The van der Waals surface area contributed by atoms with E-state index in [0.717, 1.165) is 6.42 Å². The summed E-state index contributed by atoms with van der Waals surface area (Å²) in [5.74, 6) is 0. The van der Waals surface area contributed by atoms with Crippen molar-refractivity contribution in [3.8, 4) is 0 Å². The first-order valence-corrected chi connectivity index (χ1v) is 9.44. The minimum Gasteiger partial charge on any atom is -0.0623 e. The zero-order chi connectivity index (χ0) is 18.8. The molecule has 0 heteroatoms. The molecule has 0 N–H and O–H groups in total. The Morgan fingerprint density at radius 2 is 0.741 bits per heavy atom. The van der Waals surface area contributed by atoms with Crippen LogP contribution >= 0.6 is 0 Å². The number of hydrogen-bond acceptors (Lipinski definition) is 0. The summed E-state index contributed by atoms with van der Waals surface area (Å²) in [5.41, 5.74) is 4.08. The summed E-state index contributed by atoms with van der Waals surface area (Å²) >= 11 is 0. The molecule has 0 unspecified atom stereocenters. The Bertz CT molecular complexity index is 815. The van der Waals surface area contributed by atoms with E-state index in [-0.39, 0.29) is 5.41 Å². The predicted octanol–water partition coefficient (Wildman–Crippen LogP) is 6.92. The maximum absolute atomic E-state index is 2.34. The van der Waals surface area contributed by atoms with Gasteiger partial charge in [-0.05, 0) is 23.1 Å². The Labute approximate surface area is 163 Å². The van der Waals surface area contributed by atoms with Crippen LogP contribution in [0.4, 0.5) is 0 Å². The third-order valence-electron chi connectivity index (χ3n) is 4.89. The zero-order valence-corrected chi connectivity index (χ0v) is 15.8. The van der Waals surface area contributed by atoms with Gasteiger partial charge in [0.2, 0.25) is 0 Å². The van der Waals surface area contributed by atoms with Gasteiger partial charge in [-0.2, -0.15) is 0 Å². The normalized spacial score (nSPS) is 10.6. The molecule has 0 nitrogen and oxygen atoms in total. The van der Waals surface area contributed by atoms with Crippen LogP contribution in [0.2, 0.25) is 0 Å². The van der Waals surface area contributed by atoms with Crippen LogP contribution in [-0.4, -0.2) is 0 Å². The zero-order valence-electron chi connectivity index (χ0n) is 15.8. The first kappa shape index (κ1) is 18.7. The Morgan fingerprint density at radius 3 is 1.11 bits per heavy atom. The fraction of sp³-hybridized carbons (Fsp3) is 0.111. The quantitative estimate of drug-likeness (QED) is 0.374. The van der Waals surface area contributed by atoms with E-state index in [1.807, 2.05) is 36.4 Å². The highest BCUT2D eigenvalue weighted by molar-refractivity contribution is 5.40. The molecule has 0 aliphatic rings. The van der Waals surface area contributed by atoms with Gasteiger partial charge in [-0.25, -0.2) is 0 Å². The number of benzene rings is 4. The second-order valence-electron chi connectivity index (χ2n) is 6.88. The van der Waals surface area contributed by atoms with Crippen LogP contribution < -0.4 is 0 Å². The number of rotatable bonds is 4. The summed E-state index contributed by atoms with van der Waals surface area (Å²) in [7, 11) is 0. The molecule has 4 aromatic carbocycles. The highest BCUT2D eigenvalue weighted by atomic mass is 14.3. The van der Waals surface area contributed by atoms with Gasteiger partial charge in [0, 0.05) is 5.41 Å². The van der Waals surface area contributed by atoms with Crippen LogP contribution in [-0.2, 0) is 11.8 Å². The summed E-state index contributed by atoms with van der Waals surface area (Å²) in [5, 5.41) is 0. The average Bonchev–Trinajstić information content (AvgIpc) is 2.77. The molecule has 0 aliphatic carbocycles. The van der Waals surface area contributed by atoms with Gasteiger partial charge in [0.25, 0.3) is 0 Å². The van der Waals surface area contributed by atoms with E-state index in [2.05, 4.69) is 97.9 Å². The van der Waals surface area contributed by atoms with Gasteiger partial charge in [0.15, 0.2) is 0 Å². The lowest BCUT2D eigenvalue weighted by molar-refractivity contribution is 0.567. The van der Waals surface area contributed by atoms with Gasteiger partial charge in [-0.15, -0.1) is 0 Å². The van der Waals surface area contributed by atoms with Crippen molar-refractivity contribution in [3.05, 3.63) is 144 Å². The van der Waals surface area contributed by atoms with Crippen LogP contribution in [0.1, 0.15) is 23.6 Å². The van der Waals surface area contributed by atoms with Crippen LogP contribution in [0, 0.1) is 0 Å². The Balaban J connectivity index is 0.000000299. The molecule has 0 bridgehead atoms. The second-order valence-corrected chi connectivity index (χ2v) is 6.88. The summed E-state index contributed by atoms with van der Waals surface area (Å²) in [4.78, 5) is 0. The van der Waals surface area contributed by atoms with Gasteiger partial charge in [-0.1, -0.05) is 134 Å². The predicted molar refractivity (Wildman–Crippen MR) is 116 cm³/mol. The van der Waals surface area contributed by atoms with Gasteiger partial charge in [-0.3, -0.25) is 0 Å². The molecule has 0 aliphatic heterocycles. The lowest BCUT2D eigenvalue weighted by atomic mass is 9.72. The summed E-state index contributed by atoms with van der Waals surface area (Å²) in [6.07, 6.45) is 1.00. The summed E-state index contributed by atoms with van der Waals surface area (Å²) in [6, 6.07) is 44.3. The van der Waals surface area contributed by atoms with E-state index in [1.165, 1.54) is 16.7 Å². The Morgan fingerprint density at radius 1 is 0.444 bits per heavy atom. The summed E-state index contributed by atoms with van der Waals surface area (Å²) < 4.78 is 0. The van der Waals surface area contributed by atoms with Gasteiger partial charge in [0.1, 0.15) is 0 Å². The van der Waals surface area contributed by atoms with Gasteiger partial charge in [0.05, 0.1) is 0 Å². The molecule has 4 rings (SSSR count). The Kier molecular flexibility index (Phi) is 6.60. The highest BCUT2D eigenvalue weighted by Crippen LogP contribution is 2.35. The maximum atomic E-state index is 2.34. The van der Waals surface area contributed by atoms with E-state index < -0.39 is 0 Å². The molecule has 0 saturated carbocycles. The lowest BCUT2D eigenvalue weighted by Crippen LogP contribution is -2.26. The fourth-order valence-electron chi connectivity index (χ4n) is 3.37. The van der Waals surface area contributed by atoms with Crippen molar-refractivity contribution in [1.29, 1.82) is 0 Å². The van der Waals surface area contributed by atoms with Gasteiger partial charge < -0.3 is 0 Å². The van der Waals surface area contributed by atoms with Crippen molar-refractivity contribution in [2.75, 3.05) is 0 Å². The molecule has 0 radical (unpaired) electrons. The molecule has 0 heterocycles. The fourth-order valence-corrected chi connectivity index (χ4v) is 3.37. The highest BCUT2D eigenvalue weighted by Gasteiger charge is 2.28. The third-order valence-corrected chi connectivity index (χ3v) is 4.89. The average molecular weight is 351 g/mol. The maximum Gasteiger partial charge on any atom is 0.0215 e. The standard InChI is InChI=1S/C21H20.C6H6/c1-21(19-13-7-3-8-14-19,20-15-9-4-10-16-20)17-18-11-5-2-6-12-18;1-2-4-6-5-3-1/h2-16H,17H2,1H3;1-6H. The minimum absolute atomic E-state index is 0.0100. The van der Waals surface area contributed by atoms with Crippen molar-refractivity contribution in [3.63, 3.8) is 0 Å². The molecule has 0 spiro atoms.